The van der Waals surface area contributed by atoms with Gasteiger partial charge in [-0.2, -0.15) is 17.6 Å². The smallest absolute Gasteiger partial charge is 0.388 e. The molecule has 4 rings (SSSR count). The highest BCUT2D eigenvalue weighted by molar-refractivity contribution is 6.08. The Morgan fingerprint density at radius 1 is 1.19 bits per heavy atom. The molecule has 3 aliphatic rings. The second-order valence-corrected chi connectivity index (χ2v) is 8.36. The van der Waals surface area contributed by atoms with E-state index in [1.807, 2.05) is 4.90 Å². The number of aliphatic hydroxyl groups is 1. The highest BCUT2D eigenvalue weighted by atomic mass is 19.3. The van der Waals surface area contributed by atoms with E-state index in [4.69, 9.17) is 0 Å². The van der Waals surface area contributed by atoms with E-state index < -0.39 is 30.5 Å². The van der Waals surface area contributed by atoms with Crippen LogP contribution in [0.15, 0.2) is 28.4 Å². The lowest BCUT2D eigenvalue weighted by molar-refractivity contribution is -0.122. The third-order valence-electron chi connectivity index (χ3n) is 6.01. The van der Waals surface area contributed by atoms with Crippen molar-refractivity contribution in [1.29, 1.82) is 0 Å². The van der Waals surface area contributed by atoms with Gasteiger partial charge in [0.25, 0.3) is 5.88 Å². The number of Topliss-reactive ketones (excluding diaryl/α,β-unsaturated/α-hetero) is 1. The van der Waals surface area contributed by atoms with Crippen LogP contribution in [0.4, 0.5) is 23.2 Å². The molecule has 0 amide bonds. The molecule has 1 fully saturated rings. The molecule has 1 aromatic rings. The number of ketones is 1. The van der Waals surface area contributed by atoms with Gasteiger partial charge < -0.3 is 19.5 Å². The quantitative estimate of drug-likeness (QED) is 0.660. The fourth-order valence-electron chi connectivity index (χ4n) is 4.79. The van der Waals surface area contributed by atoms with Gasteiger partial charge >= 0.3 is 13.2 Å². The zero-order valence-electron chi connectivity index (χ0n) is 17.4. The molecular weight excluding hydrogens is 434 g/mol. The van der Waals surface area contributed by atoms with Gasteiger partial charge in [-0.05, 0) is 25.3 Å². The molecule has 1 N–H and O–H groups in total. The summed E-state index contributed by atoms with van der Waals surface area (Å²) in [5, 5.41) is 10.8. The predicted octanol–water partition coefficient (Wildman–Crippen LogP) is 3.37. The lowest BCUT2D eigenvalue weighted by Crippen LogP contribution is -2.42. The third kappa shape index (κ3) is 4.57. The maximum atomic E-state index is 12.7. The van der Waals surface area contributed by atoms with Gasteiger partial charge in [0, 0.05) is 49.2 Å². The summed E-state index contributed by atoms with van der Waals surface area (Å²) in [6.45, 7) is -3.28. The number of anilines is 1. The summed E-state index contributed by atoms with van der Waals surface area (Å²) in [6, 6.07) is 1.21. The Morgan fingerprint density at radius 3 is 2.53 bits per heavy atom. The summed E-state index contributed by atoms with van der Waals surface area (Å²) in [5.41, 5.74) is 1.75. The Kier molecular flexibility index (Phi) is 6.11. The molecular formula is C21H23F4N3O4. The van der Waals surface area contributed by atoms with Gasteiger partial charge in [-0.25, -0.2) is 4.98 Å². The number of carbonyl (C=O) groups excluding carboxylic acids is 1. The van der Waals surface area contributed by atoms with E-state index in [-0.39, 0.29) is 18.1 Å². The van der Waals surface area contributed by atoms with Crippen LogP contribution in [0.3, 0.4) is 0 Å². The van der Waals surface area contributed by atoms with E-state index >= 15 is 0 Å². The zero-order valence-corrected chi connectivity index (χ0v) is 17.4. The molecule has 7 nitrogen and oxygen atoms in total. The molecule has 1 unspecified atom stereocenters. The minimum Gasteiger partial charge on any atom is -0.429 e. The van der Waals surface area contributed by atoms with Gasteiger partial charge in [0.05, 0.1) is 24.0 Å². The van der Waals surface area contributed by atoms with Gasteiger partial charge in [0.15, 0.2) is 5.75 Å². The summed E-state index contributed by atoms with van der Waals surface area (Å²) >= 11 is 0. The van der Waals surface area contributed by atoms with Crippen molar-refractivity contribution >= 4 is 17.2 Å². The number of halogens is 4. The number of hydrogen-bond acceptors (Lipinski definition) is 7. The fraction of sp³-hybridized carbons (Fsp3) is 0.571. The molecule has 1 aromatic heterocycles. The lowest BCUT2D eigenvalue weighted by Gasteiger charge is -2.37. The SMILES string of the molecule is CC1(O)CC(=O)CC2=C1C(C1CCN(c3cnc(OC(F)F)c(OC(F)F)c3)CC1)=NC2. The van der Waals surface area contributed by atoms with E-state index in [1.54, 1.807) is 6.92 Å². The second-order valence-electron chi connectivity index (χ2n) is 8.36. The number of ether oxygens (including phenoxy) is 2. The molecule has 0 aromatic carbocycles. The normalized spacial score (nSPS) is 24.3. The number of aromatic nitrogens is 1. The minimum atomic E-state index is -3.22. The molecule has 0 radical (unpaired) electrons. The van der Waals surface area contributed by atoms with Crippen LogP contribution in [0.25, 0.3) is 0 Å². The molecule has 0 spiro atoms. The van der Waals surface area contributed by atoms with Crippen molar-refractivity contribution < 1.29 is 36.9 Å². The Bertz CT molecular complexity index is 956. The summed E-state index contributed by atoms with van der Waals surface area (Å²) in [4.78, 5) is 22.2. The number of carbonyl (C=O) groups is 1. The van der Waals surface area contributed by atoms with E-state index in [2.05, 4.69) is 19.5 Å². The van der Waals surface area contributed by atoms with Crippen LogP contribution in [0.2, 0.25) is 0 Å². The largest absolute Gasteiger partial charge is 0.429 e. The summed E-state index contributed by atoms with van der Waals surface area (Å²) in [7, 11) is 0. The van der Waals surface area contributed by atoms with Crippen LogP contribution >= 0.6 is 0 Å². The van der Waals surface area contributed by atoms with Crippen molar-refractivity contribution in [2.45, 2.75) is 51.4 Å². The van der Waals surface area contributed by atoms with E-state index in [0.717, 1.165) is 16.9 Å². The number of rotatable bonds is 6. The highest BCUT2D eigenvalue weighted by Crippen LogP contribution is 2.40. The average molecular weight is 457 g/mol. The van der Waals surface area contributed by atoms with Crippen LogP contribution in [0.5, 0.6) is 11.6 Å². The molecule has 1 atom stereocenters. The Labute approximate surface area is 181 Å². The molecule has 0 saturated carbocycles. The zero-order chi connectivity index (χ0) is 23.0. The van der Waals surface area contributed by atoms with Crippen molar-refractivity contribution in [3.8, 4) is 11.6 Å². The molecule has 1 aliphatic carbocycles. The van der Waals surface area contributed by atoms with Gasteiger partial charge in [0.1, 0.15) is 5.78 Å². The first-order valence-electron chi connectivity index (χ1n) is 10.3. The molecule has 0 bridgehead atoms. The molecule has 11 heteroatoms. The maximum Gasteiger partial charge on any atom is 0.388 e. The number of alkyl halides is 4. The first-order valence-corrected chi connectivity index (χ1v) is 10.3. The molecule has 2 aliphatic heterocycles. The van der Waals surface area contributed by atoms with Gasteiger partial charge in [0.2, 0.25) is 0 Å². The van der Waals surface area contributed by atoms with Crippen LogP contribution < -0.4 is 14.4 Å². The average Bonchev–Trinajstić information content (AvgIpc) is 3.13. The summed E-state index contributed by atoms with van der Waals surface area (Å²) in [6.07, 6.45) is 3.04. The fourth-order valence-corrected chi connectivity index (χ4v) is 4.79. The van der Waals surface area contributed by atoms with Crippen molar-refractivity contribution in [3.63, 3.8) is 0 Å². The first kappa shape index (κ1) is 22.5. The Morgan fingerprint density at radius 2 is 1.88 bits per heavy atom. The van der Waals surface area contributed by atoms with E-state index in [0.29, 0.717) is 44.6 Å². The van der Waals surface area contributed by atoms with Gasteiger partial charge in [-0.1, -0.05) is 0 Å². The maximum absolute atomic E-state index is 12.7. The highest BCUT2D eigenvalue weighted by Gasteiger charge is 2.43. The van der Waals surface area contributed by atoms with E-state index in [1.165, 1.54) is 12.3 Å². The lowest BCUT2D eigenvalue weighted by atomic mass is 9.74. The van der Waals surface area contributed by atoms with Crippen LogP contribution in [-0.2, 0) is 4.79 Å². The minimum absolute atomic E-state index is 0.00797. The Balaban J connectivity index is 1.47. The van der Waals surface area contributed by atoms with Crippen molar-refractivity contribution in [1.82, 2.24) is 4.98 Å². The number of aliphatic imine (C=N–C) groups is 1. The molecule has 32 heavy (non-hydrogen) atoms. The van der Waals surface area contributed by atoms with Crippen LogP contribution in [0.1, 0.15) is 32.6 Å². The number of piperidine rings is 1. The van der Waals surface area contributed by atoms with Gasteiger partial charge in [-0.3, -0.25) is 9.79 Å². The van der Waals surface area contributed by atoms with Crippen molar-refractivity contribution in [2.24, 2.45) is 10.9 Å². The molecule has 3 heterocycles. The standard InChI is InChI=1S/C21H23F4N3O4/c1-21(30)8-14(29)6-12-9-26-17(16(12)21)11-2-4-28(5-3-11)13-7-15(31-19(22)23)18(27-10-13)32-20(24)25/h7,10-11,19-20,30H,2-6,8-9H2,1H3. The molecule has 174 valence electrons. The Hall–Kier alpha value is -2.69. The van der Waals surface area contributed by atoms with E-state index in [9.17, 15) is 27.5 Å². The number of nitrogens with zero attached hydrogens (tertiary/aromatic N) is 3. The summed E-state index contributed by atoms with van der Waals surface area (Å²) < 4.78 is 58.9. The monoisotopic (exact) mass is 457 g/mol. The van der Waals surface area contributed by atoms with Crippen molar-refractivity contribution in [3.05, 3.63) is 23.4 Å². The van der Waals surface area contributed by atoms with Crippen LogP contribution in [-0.4, -0.2) is 60.0 Å². The molecule has 1 saturated heterocycles. The number of hydrogen-bond donors (Lipinski definition) is 1. The van der Waals surface area contributed by atoms with Crippen LogP contribution in [0, 0.1) is 5.92 Å². The summed E-state index contributed by atoms with van der Waals surface area (Å²) in [5.74, 6) is -1.16. The topological polar surface area (TPSA) is 84.2 Å². The predicted molar refractivity (Wildman–Crippen MR) is 107 cm³/mol. The van der Waals surface area contributed by atoms with Gasteiger partial charge in [-0.15, -0.1) is 0 Å². The third-order valence-corrected chi connectivity index (χ3v) is 6.01. The van der Waals surface area contributed by atoms with Crippen molar-refractivity contribution in [2.75, 3.05) is 24.5 Å². The second kappa shape index (κ2) is 8.68. The number of pyridine rings is 1. The first-order chi connectivity index (χ1) is 15.1.